The minimum atomic E-state index is -1.08. The first-order valence-corrected chi connectivity index (χ1v) is 0.908. The number of hydrogen-bond donors (Lipinski definition) is 1. The summed E-state index contributed by atoms with van der Waals surface area (Å²) in [4.78, 5) is 8.89. The van der Waals surface area contributed by atoms with Crippen LogP contribution in [0.5, 0.6) is 0 Å². The molecule has 0 fully saturated rings. The summed E-state index contributed by atoms with van der Waals surface area (Å²) in [6.07, 6.45) is 0. The summed E-state index contributed by atoms with van der Waals surface area (Å²) in [5.74, 6) is -1.08. The lowest BCUT2D eigenvalue weighted by Gasteiger charge is -1.50. The van der Waals surface area contributed by atoms with Gasteiger partial charge in [0.2, 0.25) is 0 Å². The lowest BCUT2D eigenvalue weighted by Crippen LogP contribution is -1.74. The second-order valence-electron chi connectivity index (χ2n) is 0.492. The van der Waals surface area contributed by atoms with E-state index in [0.29, 0.717) is 0 Å². The molecule has 0 atom stereocenters. The Bertz CT molecular complexity index is 34.5. The Morgan fingerprint density at radius 1 is 1.50 bits per heavy atom. The molecule has 4 heteroatoms. The average molecular weight is 89.9 g/mol. The Morgan fingerprint density at radius 2 is 1.50 bits per heavy atom. The second-order valence-corrected chi connectivity index (χ2v) is 0.492. The molecule has 37 valence electrons. The van der Waals surface area contributed by atoms with Crippen LogP contribution in [0.3, 0.4) is 0 Å². The highest BCUT2D eigenvalue weighted by atomic mass is 16.4. The molecular weight excluding hydrogens is 80.8 g/mol. The van der Waals surface area contributed by atoms with E-state index in [9.17, 15) is 0 Å². The summed E-state index contributed by atoms with van der Waals surface area (Å²) in [5, 5.41) is 8.89. The minimum Gasteiger partial charge on any atom is -0.344 e. The van der Waals surface area contributed by atoms with Gasteiger partial charge < -0.3 is 6.15 Å². The summed E-state index contributed by atoms with van der Waals surface area (Å²) in [7, 11) is 0. The molecule has 0 bridgehead atoms. The van der Waals surface area contributed by atoms with Crippen molar-refractivity contribution in [2.45, 2.75) is 6.92 Å². The fraction of sp³-hybridized carbons (Fsp3) is 0.500. The summed E-state index contributed by atoms with van der Waals surface area (Å²) in [6.45, 7) is 0.972. The van der Waals surface area contributed by atoms with Crippen LogP contribution >= 0.6 is 0 Å². The Kier molecular flexibility index (Phi) is 26.2. The van der Waals surface area contributed by atoms with Gasteiger partial charge in [-0.2, -0.15) is 0 Å². The predicted octanol–water partition coefficient (Wildman–Crippen LogP) is -1.06. The van der Waals surface area contributed by atoms with Crippen LogP contribution in [-0.2, 0) is 9.90 Å². The highest BCUT2D eigenvalue weighted by Gasteiger charge is 1.71. The average Bonchev–Trinajstić information content (AvgIpc) is 0.811. The largest absolute Gasteiger partial charge is 0.352 e. The molecule has 0 amide bonds. The Labute approximate surface area is 38.5 Å². The van der Waals surface area contributed by atoms with Gasteiger partial charge in [0, 0.05) is 6.92 Å². The van der Waals surface area contributed by atoms with Gasteiger partial charge in [0.05, 0.1) is 8.41 Å². The standard InChI is InChI=1S/C2H3O2.BH3.H3N/c1-2(3)4;;/h1H3;2*1H3. The number of hydrogen-bond acceptors (Lipinski definition) is 2. The number of rotatable bonds is 0. The van der Waals surface area contributed by atoms with E-state index in [1.54, 1.807) is 0 Å². The molecule has 1 radical (unpaired) electrons. The van der Waals surface area contributed by atoms with Crippen molar-refractivity contribution in [3.05, 3.63) is 0 Å². The predicted molar refractivity (Wildman–Crippen MR) is 26.3 cm³/mol. The van der Waals surface area contributed by atoms with Crippen molar-refractivity contribution in [3.63, 3.8) is 0 Å². The molecule has 6 heavy (non-hydrogen) atoms. The number of carbonyl (C=O) groups excluding carboxylic acids is 1. The molecule has 3 nitrogen and oxygen atoms in total. The van der Waals surface area contributed by atoms with Crippen molar-refractivity contribution >= 4 is 14.4 Å². The summed E-state index contributed by atoms with van der Waals surface area (Å²) < 4.78 is 0. The van der Waals surface area contributed by atoms with E-state index in [0.717, 1.165) is 6.92 Å². The van der Waals surface area contributed by atoms with Gasteiger partial charge in [0.15, 0.2) is 0 Å². The van der Waals surface area contributed by atoms with E-state index >= 15 is 0 Å². The Hall–Kier alpha value is -0.505. The van der Waals surface area contributed by atoms with Crippen LogP contribution in [0.2, 0.25) is 0 Å². The van der Waals surface area contributed by atoms with Crippen molar-refractivity contribution in [1.29, 1.82) is 0 Å². The highest BCUT2D eigenvalue weighted by molar-refractivity contribution is 5.75. The van der Waals surface area contributed by atoms with Crippen LogP contribution in [-0.4, -0.2) is 14.4 Å². The molecule has 0 saturated heterocycles. The van der Waals surface area contributed by atoms with Crippen LogP contribution in [0.4, 0.5) is 0 Å². The van der Waals surface area contributed by atoms with Gasteiger partial charge in [-0.25, -0.2) is 9.90 Å². The van der Waals surface area contributed by atoms with Gasteiger partial charge in [-0.15, -0.1) is 0 Å². The summed E-state index contributed by atoms with van der Waals surface area (Å²) >= 11 is 0. The third-order valence-corrected chi connectivity index (χ3v) is 0. The molecule has 0 aromatic carbocycles. The Morgan fingerprint density at radius 3 is 1.50 bits per heavy atom. The maximum Gasteiger partial charge on any atom is 0.352 e. The molecule has 0 spiro atoms. The van der Waals surface area contributed by atoms with Crippen LogP contribution in [0, 0.1) is 0 Å². The topological polar surface area (TPSA) is 72.0 Å². The van der Waals surface area contributed by atoms with Crippen molar-refractivity contribution < 1.29 is 9.90 Å². The van der Waals surface area contributed by atoms with E-state index in [1.165, 1.54) is 0 Å². The van der Waals surface area contributed by atoms with Crippen LogP contribution < -0.4 is 6.15 Å². The highest BCUT2D eigenvalue weighted by Crippen LogP contribution is 1.45. The normalized spacial score (nSPS) is 4.17. The zero-order chi connectivity index (χ0) is 3.58. The zero-order valence-electron chi connectivity index (χ0n) is 3.02. The number of carbonyl (C=O) groups is 1. The van der Waals surface area contributed by atoms with Gasteiger partial charge in [0.25, 0.3) is 0 Å². The molecule has 0 aromatic rings. The first-order chi connectivity index (χ1) is 1.73. The zero-order valence-corrected chi connectivity index (χ0v) is 3.02. The Balaban J connectivity index is -0.0000000450. The molecular formula is C2H9BNO2. The smallest absolute Gasteiger partial charge is 0.344 e. The van der Waals surface area contributed by atoms with Crippen molar-refractivity contribution in [2.24, 2.45) is 0 Å². The third kappa shape index (κ3) is 85.3. The third-order valence-electron chi connectivity index (χ3n) is 0. The van der Waals surface area contributed by atoms with E-state index in [-0.39, 0.29) is 14.6 Å². The summed E-state index contributed by atoms with van der Waals surface area (Å²) in [6, 6.07) is 0. The molecule has 3 N–H and O–H groups in total. The fourth-order valence-corrected chi connectivity index (χ4v) is 0. The van der Waals surface area contributed by atoms with Gasteiger partial charge >= 0.3 is 5.97 Å². The van der Waals surface area contributed by atoms with E-state index in [2.05, 4.69) is 0 Å². The van der Waals surface area contributed by atoms with E-state index in [1.807, 2.05) is 0 Å². The van der Waals surface area contributed by atoms with Gasteiger partial charge in [0.1, 0.15) is 0 Å². The van der Waals surface area contributed by atoms with Gasteiger partial charge in [-0.1, -0.05) is 0 Å². The lowest BCUT2D eigenvalue weighted by atomic mass is 10.8. The van der Waals surface area contributed by atoms with Crippen LogP contribution in [0.25, 0.3) is 0 Å². The first kappa shape index (κ1) is 17.8. The van der Waals surface area contributed by atoms with Crippen molar-refractivity contribution in [1.82, 2.24) is 6.15 Å². The van der Waals surface area contributed by atoms with Crippen molar-refractivity contribution in [3.8, 4) is 0 Å². The van der Waals surface area contributed by atoms with E-state index < -0.39 is 5.97 Å². The SMILES string of the molecule is B.CC([O])=O.N. The van der Waals surface area contributed by atoms with Crippen LogP contribution in [0.15, 0.2) is 0 Å². The maximum atomic E-state index is 8.89. The monoisotopic (exact) mass is 90.1 g/mol. The molecule has 0 unspecified atom stereocenters. The van der Waals surface area contributed by atoms with Gasteiger partial charge in [-0.3, -0.25) is 0 Å². The first-order valence-electron chi connectivity index (χ1n) is 0.908. The van der Waals surface area contributed by atoms with Gasteiger partial charge in [-0.05, 0) is 0 Å². The molecule has 0 aliphatic carbocycles. The second kappa shape index (κ2) is 8.82. The minimum absolute atomic E-state index is 0. The molecule has 0 aliphatic heterocycles. The fourth-order valence-electron chi connectivity index (χ4n) is 0. The summed E-state index contributed by atoms with van der Waals surface area (Å²) in [5.41, 5.74) is 0. The van der Waals surface area contributed by atoms with Crippen molar-refractivity contribution in [2.75, 3.05) is 0 Å². The van der Waals surface area contributed by atoms with Crippen LogP contribution in [0.1, 0.15) is 6.92 Å². The quantitative estimate of drug-likeness (QED) is 0.385. The maximum absolute atomic E-state index is 8.89. The molecule has 0 aromatic heterocycles. The molecule has 0 aliphatic rings. The lowest BCUT2D eigenvalue weighted by molar-refractivity contribution is -0.140. The molecule has 0 heterocycles. The molecule has 0 saturated carbocycles. The molecule has 0 rings (SSSR count). The van der Waals surface area contributed by atoms with E-state index in [4.69, 9.17) is 9.90 Å².